The molecule has 0 amide bonds. The van der Waals surface area contributed by atoms with Crippen molar-refractivity contribution in [3.63, 3.8) is 0 Å². The van der Waals surface area contributed by atoms with Crippen LogP contribution in [0.1, 0.15) is 25.8 Å². The molecular weight excluding hydrogens is 220 g/mol. The van der Waals surface area contributed by atoms with E-state index in [0.717, 1.165) is 5.56 Å². The molecule has 17 heavy (non-hydrogen) atoms. The van der Waals surface area contributed by atoms with E-state index in [4.69, 9.17) is 9.84 Å². The van der Waals surface area contributed by atoms with Crippen molar-refractivity contribution in [1.29, 1.82) is 0 Å². The molecule has 0 spiro atoms. The average Bonchev–Trinajstić information content (AvgIpc) is 2.29. The molecule has 0 radical (unpaired) electrons. The highest BCUT2D eigenvalue weighted by molar-refractivity contribution is 5.90. The smallest absolute Gasteiger partial charge is 0.328 e. The molecule has 0 fully saturated rings. The van der Waals surface area contributed by atoms with Crippen LogP contribution in [0.3, 0.4) is 0 Å². The Balaban J connectivity index is 3.13. The van der Waals surface area contributed by atoms with E-state index in [9.17, 15) is 9.90 Å². The lowest BCUT2D eigenvalue weighted by atomic mass is 10.0. The summed E-state index contributed by atoms with van der Waals surface area (Å²) in [6.45, 7) is 4.14. The van der Waals surface area contributed by atoms with Crippen LogP contribution in [0.15, 0.2) is 24.3 Å². The number of carboxylic acid groups (broad SMARTS) is 1. The molecule has 1 aromatic rings. The number of ether oxygens (including phenoxy) is 1. The molecule has 0 saturated carbocycles. The van der Waals surface area contributed by atoms with Gasteiger partial charge in [0, 0.05) is 6.08 Å². The number of phenolic OH excluding ortho intramolecular Hbond substituents is 1. The summed E-state index contributed by atoms with van der Waals surface area (Å²) in [6, 6.07) is 4.83. The Morgan fingerprint density at radius 1 is 1.41 bits per heavy atom. The van der Waals surface area contributed by atoms with Crippen molar-refractivity contribution in [3.05, 3.63) is 29.8 Å². The molecule has 4 nitrogen and oxygen atoms in total. The fourth-order valence-corrected chi connectivity index (χ4v) is 1.52. The van der Waals surface area contributed by atoms with E-state index < -0.39 is 5.97 Å². The lowest BCUT2D eigenvalue weighted by molar-refractivity contribution is -0.131. The molecule has 0 saturated heterocycles. The van der Waals surface area contributed by atoms with E-state index in [-0.39, 0.29) is 5.75 Å². The Morgan fingerprint density at radius 3 is 2.65 bits per heavy atom. The molecule has 0 unspecified atom stereocenters. The zero-order valence-corrected chi connectivity index (χ0v) is 9.93. The minimum atomic E-state index is -0.979. The van der Waals surface area contributed by atoms with Crippen molar-refractivity contribution >= 4 is 11.5 Å². The van der Waals surface area contributed by atoms with Gasteiger partial charge in [-0.15, -0.1) is 0 Å². The van der Waals surface area contributed by atoms with Crippen LogP contribution in [0.5, 0.6) is 11.5 Å². The summed E-state index contributed by atoms with van der Waals surface area (Å²) in [7, 11) is 0. The monoisotopic (exact) mass is 236 g/mol. The number of aromatic hydroxyl groups is 1. The van der Waals surface area contributed by atoms with Crippen LogP contribution in [0.25, 0.3) is 5.57 Å². The highest BCUT2D eigenvalue weighted by Gasteiger charge is 2.07. The van der Waals surface area contributed by atoms with E-state index >= 15 is 0 Å². The SMILES string of the molecule is CCOc1cc(C(=CC(=O)O)CC)ccc1O. The summed E-state index contributed by atoms with van der Waals surface area (Å²) in [4.78, 5) is 10.7. The highest BCUT2D eigenvalue weighted by Crippen LogP contribution is 2.30. The van der Waals surface area contributed by atoms with Gasteiger partial charge in [0.15, 0.2) is 11.5 Å². The molecule has 0 atom stereocenters. The maximum absolute atomic E-state index is 10.7. The molecule has 0 aliphatic heterocycles. The number of hydrogen-bond donors (Lipinski definition) is 2. The van der Waals surface area contributed by atoms with E-state index in [2.05, 4.69) is 0 Å². The number of allylic oxidation sites excluding steroid dienone is 1. The van der Waals surface area contributed by atoms with Crippen molar-refractivity contribution < 1.29 is 19.7 Å². The third kappa shape index (κ3) is 3.52. The number of carboxylic acids is 1. The van der Waals surface area contributed by atoms with E-state index in [1.54, 1.807) is 12.1 Å². The van der Waals surface area contributed by atoms with Crippen LogP contribution in [-0.2, 0) is 4.79 Å². The summed E-state index contributed by atoms with van der Waals surface area (Å²) in [6.07, 6.45) is 1.77. The molecule has 92 valence electrons. The maximum atomic E-state index is 10.7. The van der Waals surface area contributed by atoms with E-state index in [1.165, 1.54) is 12.1 Å². The molecule has 1 aromatic carbocycles. The summed E-state index contributed by atoms with van der Waals surface area (Å²) in [5.41, 5.74) is 1.44. The van der Waals surface area contributed by atoms with Gasteiger partial charge in [-0.2, -0.15) is 0 Å². The molecule has 2 N–H and O–H groups in total. The summed E-state index contributed by atoms with van der Waals surface area (Å²) in [5.74, 6) is -0.552. The van der Waals surface area contributed by atoms with Crippen molar-refractivity contribution in [2.75, 3.05) is 6.61 Å². The van der Waals surface area contributed by atoms with Gasteiger partial charge in [0.25, 0.3) is 0 Å². The summed E-state index contributed by atoms with van der Waals surface area (Å²) in [5, 5.41) is 18.3. The third-order valence-corrected chi connectivity index (χ3v) is 2.31. The number of aliphatic carboxylic acids is 1. The fourth-order valence-electron chi connectivity index (χ4n) is 1.52. The molecule has 0 heterocycles. The molecule has 4 heteroatoms. The highest BCUT2D eigenvalue weighted by atomic mass is 16.5. The van der Waals surface area contributed by atoms with Crippen LogP contribution in [-0.4, -0.2) is 22.8 Å². The van der Waals surface area contributed by atoms with Crippen LogP contribution in [0.4, 0.5) is 0 Å². The number of benzene rings is 1. The molecule has 0 aliphatic rings. The van der Waals surface area contributed by atoms with Crippen molar-refractivity contribution in [2.24, 2.45) is 0 Å². The first-order valence-corrected chi connectivity index (χ1v) is 5.48. The van der Waals surface area contributed by atoms with Gasteiger partial charge in [-0.3, -0.25) is 0 Å². The second-order valence-electron chi connectivity index (χ2n) is 3.48. The van der Waals surface area contributed by atoms with Crippen LogP contribution < -0.4 is 4.74 Å². The second kappa shape index (κ2) is 5.94. The molecule has 1 rings (SSSR count). The maximum Gasteiger partial charge on any atom is 0.328 e. The third-order valence-electron chi connectivity index (χ3n) is 2.31. The van der Waals surface area contributed by atoms with Crippen LogP contribution >= 0.6 is 0 Å². The topological polar surface area (TPSA) is 66.8 Å². The van der Waals surface area contributed by atoms with Crippen LogP contribution in [0, 0.1) is 0 Å². The Bertz CT molecular complexity index is 435. The Morgan fingerprint density at radius 2 is 2.12 bits per heavy atom. The van der Waals surface area contributed by atoms with Gasteiger partial charge in [0.2, 0.25) is 0 Å². The van der Waals surface area contributed by atoms with Gasteiger partial charge in [-0.25, -0.2) is 4.79 Å². The van der Waals surface area contributed by atoms with Crippen molar-refractivity contribution in [2.45, 2.75) is 20.3 Å². The normalized spacial score (nSPS) is 11.3. The summed E-state index contributed by atoms with van der Waals surface area (Å²) >= 11 is 0. The van der Waals surface area contributed by atoms with Crippen molar-refractivity contribution in [3.8, 4) is 11.5 Å². The lowest BCUT2D eigenvalue weighted by Gasteiger charge is -2.09. The zero-order chi connectivity index (χ0) is 12.8. The molecule has 0 bridgehead atoms. The Kier molecular flexibility index (Phi) is 4.57. The standard InChI is InChI=1S/C13H16O4/c1-3-9(8-13(15)16)10-5-6-11(14)12(7-10)17-4-2/h5-8,14H,3-4H2,1-2H3,(H,15,16). The second-order valence-corrected chi connectivity index (χ2v) is 3.48. The number of rotatable bonds is 5. The van der Waals surface area contributed by atoms with Gasteiger partial charge in [0.1, 0.15) is 0 Å². The minimum absolute atomic E-state index is 0.0568. The number of carbonyl (C=O) groups is 1. The number of hydrogen-bond acceptors (Lipinski definition) is 3. The van der Waals surface area contributed by atoms with Gasteiger partial charge in [0.05, 0.1) is 6.61 Å². The van der Waals surface area contributed by atoms with E-state index in [1.807, 2.05) is 13.8 Å². The average molecular weight is 236 g/mol. The fraction of sp³-hybridized carbons (Fsp3) is 0.308. The van der Waals surface area contributed by atoms with Gasteiger partial charge in [-0.1, -0.05) is 13.0 Å². The van der Waals surface area contributed by atoms with Crippen LogP contribution in [0.2, 0.25) is 0 Å². The van der Waals surface area contributed by atoms with E-state index in [0.29, 0.717) is 24.4 Å². The first-order valence-electron chi connectivity index (χ1n) is 5.48. The van der Waals surface area contributed by atoms with Crippen molar-refractivity contribution in [1.82, 2.24) is 0 Å². The predicted octanol–water partition coefficient (Wildman–Crippen LogP) is 2.67. The molecule has 0 aliphatic carbocycles. The predicted molar refractivity (Wildman–Crippen MR) is 65.2 cm³/mol. The van der Waals surface area contributed by atoms with Gasteiger partial charge < -0.3 is 14.9 Å². The quantitative estimate of drug-likeness (QED) is 0.771. The van der Waals surface area contributed by atoms with Gasteiger partial charge >= 0.3 is 5.97 Å². The summed E-state index contributed by atoms with van der Waals surface area (Å²) < 4.78 is 5.25. The first kappa shape index (κ1) is 13.1. The Hall–Kier alpha value is -1.97. The zero-order valence-electron chi connectivity index (χ0n) is 9.93. The largest absolute Gasteiger partial charge is 0.504 e. The first-order chi connectivity index (χ1) is 8.08. The van der Waals surface area contributed by atoms with Gasteiger partial charge in [-0.05, 0) is 36.6 Å². The Labute approximate surface area is 100 Å². The molecular formula is C13H16O4. The lowest BCUT2D eigenvalue weighted by Crippen LogP contribution is -1.95. The number of phenols is 1. The minimum Gasteiger partial charge on any atom is -0.504 e. The molecule has 0 aromatic heterocycles.